The molecule has 0 aliphatic carbocycles. The van der Waals surface area contributed by atoms with Crippen molar-refractivity contribution in [2.75, 3.05) is 11.4 Å². The molecule has 0 saturated carbocycles. The first-order valence-electron chi connectivity index (χ1n) is 5.16. The van der Waals surface area contributed by atoms with E-state index in [2.05, 4.69) is 9.36 Å². The summed E-state index contributed by atoms with van der Waals surface area (Å²) in [6.45, 7) is 7.81. The largest absolute Gasteiger partial charge is 0.480 e. The number of anilines is 1. The van der Waals surface area contributed by atoms with Crippen LogP contribution in [-0.2, 0) is 11.2 Å². The minimum Gasteiger partial charge on any atom is -0.480 e. The molecule has 0 saturated heterocycles. The summed E-state index contributed by atoms with van der Waals surface area (Å²) in [5.41, 5.74) is -0.275. The molecule has 6 heteroatoms. The number of carboxylic acid groups (broad SMARTS) is 1. The third-order valence-corrected chi connectivity index (χ3v) is 2.88. The van der Waals surface area contributed by atoms with Crippen molar-refractivity contribution >= 4 is 22.6 Å². The van der Waals surface area contributed by atoms with Crippen molar-refractivity contribution in [1.29, 1.82) is 0 Å². The quantitative estimate of drug-likeness (QED) is 0.873. The van der Waals surface area contributed by atoms with E-state index in [4.69, 9.17) is 5.11 Å². The van der Waals surface area contributed by atoms with Crippen molar-refractivity contribution in [1.82, 2.24) is 9.36 Å². The molecule has 0 amide bonds. The topological polar surface area (TPSA) is 66.3 Å². The summed E-state index contributed by atoms with van der Waals surface area (Å²) in [6.07, 6.45) is 0.765. The predicted molar refractivity (Wildman–Crippen MR) is 64.0 cm³/mol. The Balaban J connectivity index is 2.96. The fourth-order valence-electron chi connectivity index (χ4n) is 1.22. The Morgan fingerprint density at radius 3 is 2.50 bits per heavy atom. The number of rotatable bonds is 4. The van der Waals surface area contributed by atoms with Gasteiger partial charge < -0.3 is 10.0 Å². The van der Waals surface area contributed by atoms with Crippen LogP contribution in [0, 0.1) is 0 Å². The zero-order valence-corrected chi connectivity index (χ0v) is 10.8. The minimum absolute atomic E-state index is 0.0537. The van der Waals surface area contributed by atoms with E-state index in [-0.39, 0.29) is 12.1 Å². The molecule has 0 fully saturated rings. The van der Waals surface area contributed by atoms with Crippen LogP contribution in [0.5, 0.6) is 0 Å². The van der Waals surface area contributed by atoms with E-state index < -0.39 is 5.97 Å². The van der Waals surface area contributed by atoms with Gasteiger partial charge in [-0.2, -0.15) is 4.37 Å². The second-order valence-electron chi connectivity index (χ2n) is 4.50. The van der Waals surface area contributed by atoms with Gasteiger partial charge in [-0.05, 0) is 20.8 Å². The van der Waals surface area contributed by atoms with Gasteiger partial charge in [0.25, 0.3) is 0 Å². The van der Waals surface area contributed by atoms with Crippen LogP contribution in [0.1, 0.15) is 33.5 Å². The Morgan fingerprint density at radius 1 is 1.50 bits per heavy atom. The number of nitrogens with zero attached hydrogens (tertiary/aromatic N) is 3. The van der Waals surface area contributed by atoms with Gasteiger partial charge >= 0.3 is 5.97 Å². The molecule has 0 bridgehead atoms. The Hall–Kier alpha value is -1.17. The van der Waals surface area contributed by atoms with Gasteiger partial charge in [-0.3, -0.25) is 4.79 Å². The highest BCUT2D eigenvalue weighted by atomic mass is 32.1. The summed E-state index contributed by atoms with van der Waals surface area (Å²) in [4.78, 5) is 16.9. The van der Waals surface area contributed by atoms with E-state index >= 15 is 0 Å². The first-order valence-corrected chi connectivity index (χ1v) is 5.94. The van der Waals surface area contributed by atoms with Gasteiger partial charge in [0.2, 0.25) is 5.13 Å². The molecule has 1 N–H and O–H groups in total. The van der Waals surface area contributed by atoms with E-state index in [1.54, 1.807) is 4.90 Å². The highest BCUT2D eigenvalue weighted by Crippen LogP contribution is 2.25. The van der Waals surface area contributed by atoms with Gasteiger partial charge in [0, 0.05) is 23.5 Å². The van der Waals surface area contributed by atoms with Crippen LogP contribution in [0.25, 0.3) is 0 Å². The van der Waals surface area contributed by atoms with Crippen molar-refractivity contribution in [2.24, 2.45) is 0 Å². The summed E-state index contributed by atoms with van der Waals surface area (Å²) in [7, 11) is 0. The number of carboxylic acids is 1. The van der Waals surface area contributed by atoms with Crippen LogP contribution in [0.3, 0.4) is 0 Å². The smallest absolute Gasteiger partial charge is 0.323 e. The SMILES string of the molecule is CCc1nsc(N(CC(=O)O)C(C)(C)C)n1. The van der Waals surface area contributed by atoms with Crippen LogP contribution in [0.2, 0.25) is 0 Å². The Bertz CT molecular complexity index is 370. The molecular weight excluding hydrogens is 226 g/mol. The van der Waals surface area contributed by atoms with Crippen molar-refractivity contribution < 1.29 is 9.90 Å². The number of aliphatic carboxylic acids is 1. The standard InChI is InChI=1S/C10H17N3O2S/c1-5-7-11-9(16-12-7)13(6-8(14)15)10(2,3)4/h5-6H2,1-4H3,(H,14,15). The lowest BCUT2D eigenvalue weighted by Crippen LogP contribution is -2.44. The van der Waals surface area contributed by atoms with E-state index in [0.717, 1.165) is 12.2 Å². The van der Waals surface area contributed by atoms with Crippen molar-refractivity contribution in [3.63, 3.8) is 0 Å². The zero-order valence-electron chi connectivity index (χ0n) is 10.0. The third-order valence-electron chi connectivity index (χ3n) is 2.11. The molecule has 1 aromatic rings. The molecule has 0 spiro atoms. The first kappa shape index (κ1) is 12.9. The summed E-state index contributed by atoms with van der Waals surface area (Å²) >= 11 is 1.25. The zero-order chi connectivity index (χ0) is 12.3. The van der Waals surface area contributed by atoms with Gasteiger partial charge in [0.15, 0.2) is 0 Å². The minimum atomic E-state index is -0.858. The van der Waals surface area contributed by atoms with Crippen molar-refractivity contribution in [2.45, 2.75) is 39.7 Å². The number of aryl methyl sites for hydroxylation is 1. The van der Waals surface area contributed by atoms with Gasteiger partial charge in [-0.1, -0.05) is 6.92 Å². The molecule has 1 aromatic heterocycles. The van der Waals surface area contributed by atoms with Crippen molar-refractivity contribution in [3.05, 3.63) is 5.82 Å². The van der Waals surface area contributed by atoms with Crippen LogP contribution in [-0.4, -0.2) is 32.5 Å². The average Bonchev–Trinajstić information content (AvgIpc) is 2.60. The molecule has 1 rings (SSSR count). The molecule has 0 unspecified atom stereocenters. The van der Waals surface area contributed by atoms with Crippen LogP contribution in [0.4, 0.5) is 5.13 Å². The first-order chi connectivity index (χ1) is 7.34. The predicted octanol–water partition coefficient (Wildman–Crippen LogP) is 1.79. The van der Waals surface area contributed by atoms with Gasteiger partial charge in [0.05, 0.1) is 0 Å². The lowest BCUT2D eigenvalue weighted by Gasteiger charge is -2.33. The Kier molecular flexibility index (Phi) is 3.85. The van der Waals surface area contributed by atoms with Gasteiger partial charge in [0.1, 0.15) is 12.4 Å². The molecular formula is C10H17N3O2S. The molecule has 0 atom stereocenters. The average molecular weight is 243 g/mol. The van der Waals surface area contributed by atoms with Gasteiger partial charge in [-0.15, -0.1) is 0 Å². The highest BCUT2D eigenvalue weighted by Gasteiger charge is 2.26. The maximum absolute atomic E-state index is 10.8. The number of carbonyl (C=O) groups is 1. The van der Waals surface area contributed by atoms with E-state index in [9.17, 15) is 4.79 Å². The molecule has 0 aliphatic heterocycles. The Labute approximate surface area is 99.3 Å². The maximum atomic E-state index is 10.8. The number of aromatic nitrogens is 2. The molecule has 0 aromatic carbocycles. The lowest BCUT2D eigenvalue weighted by atomic mass is 10.1. The second-order valence-corrected chi connectivity index (χ2v) is 5.23. The summed E-state index contributed by atoms with van der Waals surface area (Å²) in [5.74, 6) is -0.0946. The molecule has 0 aliphatic rings. The number of hydrogen-bond acceptors (Lipinski definition) is 5. The molecule has 16 heavy (non-hydrogen) atoms. The summed E-state index contributed by atoms with van der Waals surface area (Å²) in [6, 6.07) is 0. The molecule has 90 valence electrons. The fraction of sp³-hybridized carbons (Fsp3) is 0.700. The number of hydrogen-bond donors (Lipinski definition) is 1. The van der Waals surface area contributed by atoms with Crippen molar-refractivity contribution in [3.8, 4) is 0 Å². The summed E-state index contributed by atoms with van der Waals surface area (Å²) < 4.78 is 4.17. The van der Waals surface area contributed by atoms with Gasteiger partial charge in [-0.25, -0.2) is 4.98 Å². The van der Waals surface area contributed by atoms with Crippen LogP contribution in [0.15, 0.2) is 0 Å². The molecule has 1 heterocycles. The monoisotopic (exact) mass is 243 g/mol. The maximum Gasteiger partial charge on any atom is 0.323 e. The summed E-state index contributed by atoms with van der Waals surface area (Å²) in [5, 5.41) is 9.56. The molecule has 0 radical (unpaired) electrons. The lowest BCUT2D eigenvalue weighted by molar-refractivity contribution is -0.135. The van der Waals surface area contributed by atoms with Crippen LogP contribution < -0.4 is 4.90 Å². The molecule has 5 nitrogen and oxygen atoms in total. The third kappa shape index (κ3) is 3.16. The van der Waals surface area contributed by atoms with Crippen LogP contribution >= 0.6 is 11.5 Å². The Morgan fingerprint density at radius 2 is 2.12 bits per heavy atom. The van der Waals surface area contributed by atoms with E-state index in [1.807, 2.05) is 27.7 Å². The highest BCUT2D eigenvalue weighted by molar-refractivity contribution is 7.09. The fourth-order valence-corrected chi connectivity index (χ4v) is 2.17. The van der Waals surface area contributed by atoms with E-state index in [0.29, 0.717) is 5.13 Å². The normalized spacial score (nSPS) is 11.5. The second kappa shape index (κ2) is 4.78. The van der Waals surface area contributed by atoms with E-state index in [1.165, 1.54) is 11.5 Å².